The third kappa shape index (κ3) is 4.14. The lowest BCUT2D eigenvalue weighted by molar-refractivity contribution is -0.146. The molecule has 2 aromatic rings. The Morgan fingerprint density at radius 1 is 1.40 bits per heavy atom. The van der Waals surface area contributed by atoms with Crippen molar-refractivity contribution in [2.75, 3.05) is 0 Å². The molecule has 3 rings (SSSR count). The van der Waals surface area contributed by atoms with E-state index in [1.54, 1.807) is 27.0 Å². The molecule has 0 radical (unpaired) electrons. The lowest BCUT2D eigenvalue weighted by atomic mass is 10.1. The van der Waals surface area contributed by atoms with Crippen LogP contribution in [0, 0.1) is 0 Å². The summed E-state index contributed by atoms with van der Waals surface area (Å²) in [5.74, 6) is -0.891. The Morgan fingerprint density at radius 2 is 2.20 bits per heavy atom. The van der Waals surface area contributed by atoms with Gasteiger partial charge in [-0.2, -0.15) is 0 Å². The van der Waals surface area contributed by atoms with E-state index in [2.05, 4.69) is 15.5 Å². The summed E-state index contributed by atoms with van der Waals surface area (Å²) in [6.45, 7) is 5.64. The molecule has 0 spiro atoms. The molecule has 0 saturated carbocycles. The number of carbonyl (C=O) groups excluding carboxylic acids is 2. The fourth-order valence-corrected chi connectivity index (χ4v) is 2.34. The Morgan fingerprint density at radius 3 is 2.96 bits per heavy atom. The van der Waals surface area contributed by atoms with Crippen LogP contribution < -0.4 is 5.32 Å². The molecule has 1 aliphatic heterocycles. The van der Waals surface area contributed by atoms with Crippen molar-refractivity contribution in [3.8, 4) is 0 Å². The van der Waals surface area contributed by atoms with E-state index < -0.39 is 17.7 Å². The molecule has 1 aliphatic rings. The zero-order valence-corrected chi connectivity index (χ0v) is 14.4. The summed E-state index contributed by atoms with van der Waals surface area (Å²) in [5, 5.41) is 6.46. The third-order valence-electron chi connectivity index (χ3n) is 3.52. The number of oxime groups is 1. The summed E-state index contributed by atoms with van der Waals surface area (Å²) < 4.78 is 7.10. The largest absolute Gasteiger partial charge is 0.455 e. The number of carbonyl (C=O) groups is 2. The summed E-state index contributed by atoms with van der Waals surface area (Å²) in [7, 11) is 0. The molecule has 132 valence electrons. The number of rotatable bonds is 4. The summed E-state index contributed by atoms with van der Waals surface area (Å²) >= 11 is 0. The number of fused-ring (bicyclic) bond motifs is 1. The Labute approximate surface area is 144 Å². The number of nitrogens with zero attached hydrogens (tertiary/aromatic N) is 3. The number of esters is 1. The first-order valence-electron chi connectivity index (χ1n) is 7.97. The Bertz CT molecular complexity index is 835. The summed E-state index contributed by atoms with van der Waals surface area (Å²) in [4.78, 5) is 33.4. The van der Waals surface area contributed by atoms with Gasteiger partial charge >= 0.3 is 5.97 Å². The average Bonchev–Trinajstić information content (AvgIpc) is 3.19. The first kappa shape index (κ1) is 16.9. The van der Waals surface area contributed by atoms with E-state index in [1.165, 1.54) is 0 Å². The molecule has 3 heterocycles. The molecule has 0 saturated heterocycles. The first-order valence-corrected chi connectivity index (χ1v) is 7.97. The minimum absolute atomic E-state index is 0.0973. The van der Waals surface area contributed by atoms with E-state index in [1.807, 2.05) is 28.9 Å². The van der Waals surface area contributed by atoms with Crippen LogP contribution in [0.15, 0.2) is 35.9 Å². The number of pyridine rings is 1. The third-order valence-corrected chi connectivity index (χ3v) is 3.52. The van der Waals surface area contributed by atoms with Crippen molar-refractivity contribution in [2.45, 2.75) is 45.4 Å². The van der Waals surface area contributed by atoms with E-state index in [0.29, 0.717) is 6.54 Å². The second kappa shape index (κ2) is 6.54. The van der Waals surface area contributed by atoms with Gasteiger partial charge in [-0.05, 0) is 38.5 Å². The maximum Gasteiger partial charge on any atom is 0.356 e. The average molecular weight is 344 g/mol. The fourth-order valence-electron chi connectivity index (χ4n) is 2.34. The zero-order chi connectivity index (χ0) is 18.0. The number of imidazole rings is 1. The van der Waals surface area contributed by atoms with Crippen LogP contribution in [0.5, 0.6) is 0 Å². The van der Waals surface area contributed by atoms with Gasteiger partial charge in [0.25, 0.3) is 5.91 Å². The normalized spacial score (nSPS) is 17.1. The number of ether oxygens (including phenoxy) is 1. The topological polar surface area (TPSA) is 94.3 Å². The van der Waals surface area contributed by atoms with Gasteiger partial charge in [0.1, 0.15) is 11.2 Å². The smallest absolute Gasteiger partial charge is 0.356 e. The van der Waals surface area contributed by atoms with Crippen molar-refractivity contribution in [1.29, 1.82) is 0 Å². The van der Waals surface area contributed by atoms with Crippen LogP contribution in [0.25, 0.3) is 5.65 Å². The number of hydrogen-bond acceptors (Lipinski definition) is 6. The SMILES string of the molecule is CC(C)(C)OC(=O)C1=NO[C@H](C(=O)NCc2ccn3ccnc3c2)C1. The quantitative estimate of drug-likeness (QED) is 0.847. The second-order valence-electron chi connectivity index (χ2n) is 6.78. The van der Waals surface area contributed by atoms with Crippen molar-refractivity contribution < 1.29 is 19.2 Å². The lowest BCUT2D eigenvalue weighted by Gasteiger charge is -2.18. The van der Waals surface area contributed by atoms with Crippen molar-refractivity contribution >= 4 is 23.2 Å². The van der Waals surface area contributed by atoms with Crippen LogP contribution in [-0.4, -0.2) is 38.7 Å². The molecule has 0 unspecified atom stereocenters. The monoisotopic (exact) mass is 344 g/mol. The van der Waals surface area contributed by atoms with E-state index in [4.69, 9.17) is 9.57 Å². The van der Waals surface area contributed by atoms with Crippen LogP contribution in [0.4, 0.5) is 0 Å². The molecule has 0 aliphatic carbocycles. The lowest BCUT2D eigenvalue weighted by Crippen LogP contribution is -2.35. The minimum Gasteiger partial charge on any atom is -0.455 e. The highest BCUT2D eigenvalue weighted by atomic mass is 16.7. The fraction of sp³-hybridized carbons (Fsp3) is 0.412. The van der Waals surface area contributed by atoms with Gasteiger partial charge in [0, 0.05) is 31.6 Å². The van der Waals surface area contributed by atoms with Gasteiger partial charge in [-0.25, -0.2) is 9.78 Å². The highest BCUT2D eigenvalue weighted by Gasteiger charge is 2.33. The standard InChI is InChI=1S/C17H20N4O4/c1-17(2,3)24-16(23)12-9-13(25-20-12)15(22)19-10-11-4-6-21-7-5-18-14(21)8-11/h4-8,13H,9-10H2,1-3H3,(H,19,22)/t13-/m0/s1. The van der Waals surface area contributed by atoms with Gasteiger partial charge in [0.05, 0.1) is 0 Å². The molecule has 8 nitrogen and oxygen atoms in total. The van der Waals surface area contributed by atoms with Gasteiger partial charge in [0.15, 0.2) is 5.71 Å². The molecule has 8 heteroatoms. The number of hydrogen-bond donors (Lipinski definition) is 1. The van der Waals surface area contributed by atoms with Crippen molar-refractivity contribution in [1.82, 2.24) is 14.7 Å². The second-order valence-corrected chi connectivity index (χ2v) is 6.78. The molecule has 25 heavy (non-hydrogen) atoms. The van der Waals surface area contributed by atoms with E-state index in [-0.39, 0.29) is 18.0 Å². The molecule has 1 amide bonds. The molecule has 1 atom stereocenters. The van der Waals surface area contributed by atoms with Crippen molar-refractivity contribution in [2.24, 2.45) is 5.16 Å². The highest BCUT2D eigenvalue weighted by molar-refractivity contribution is 6.37. The van der Waals surface area contributed by atoms with E-state index in [0.717, 1.165) is 11.2 Å². The molecule has 2 aromatic heterocycles. The first-order chi connectivity index (χ1) is 11.8. The van der Waals surface area contributed by atoms with Gasteiger partial charge in [-0.1, -0.05) is 5.16 Å². The molecular formula is C17H20N4O4. The predicted molar refractivity (Wildman–Crippen MR) is 89.8 cm³/mol. The maximum atomic E-state index is 12.2. The molecule has 1 N–H and O–H groups in total. The van der Waals surface area contributed by atoms with Crippen LogP contribution in [0.2, 0.25) is 0 Å². The summed E-state index contributed by atoms with van der Waals surface area (Å²) in [6.07, 6.45) is 4.71. The van der Waals surface area contributed by atoms with Crippen LogP contribution >= 0.6 is 0 Å². The van der Waals surface area contributed by atoms with Crippen LogP contribution in [0.3, 0.4) is 0 Å². The Hall–Kier alpha value is -2.90. The minimum atomic E-state index is -0.822. The Balaban J connectivity index is 1.52. The van der Waals surface area contributed by atoms with E-state index >= 15 is 0 Å². The maximum absolute atomic E-state index is 12.2. The van der Waals surface area contributed by atoms with Gasteiger partial charge in [-0.3, -0.25) is 4.79 Å². The number of nitrogens with one attached hydrogen (secondary N) is 1. The molecule has 0 fully saturated rings. The summed E-state index contributed by atoms with van der Waals surface area (Å²) in [5.41, 5.74) is 1.22. The predicted octanol–water partition coefficient (Wildman–Crippen LogP) is 1.44. The van der Waals surface area contributed by atoms with Crippen molar-refractivity contribution in [3.05, 3.63) is 36.3 Å². The Kier molecular flexibility index (Phi) is 4.43. The molecule has 0 aromatic carbocycles. The van der Waals surface area contributed by atoms with Crippen molar-refractivity contribution in [3.63, 3.8) is 0 Å². The van der Waals surface area contributed by atoms with Gasteiger partial charge < -0.3 is 19.3 Å². The van der Waals surface area contributed by atoms with Crippen LogP contribution in [0.1, 0.15) is 32.8 Å². The molecule has 0 bridgehead atoms. The van der Waals surface area contributed by atoms with E-state index in [9.17, 15) is 9.59 Å². The van der Waals surface area contributed by atoms with Gasteiger partial charge in [0.2, 0.25) is 6.10 Å². The number of aromatic nitrogens is 2. The summed E-state index contributed by atoms with van der Waals surface area (Å²) in [6, 6.07) is 3.78. The highest BCUT2D eigenvalue weighted by Crippen LogP contribution is 2.15. The van der Waals surface area contributed by atoms with Crippen LogP contribution in [-0.2, 0) is 25.7 Å². The number of amides is 1. The zero-order valence-electron chi connectivity index (χ0n) is 14.4. The van der Waals surface area contributed by atoms with Gasteiger partial charge in [-0.15, -0.1) is 0 Å². The molecular weight excluding hydrogens is 324 g/mol.